The number of aromatic amines is 1. The Hall–Kier alpha value is -4.65. The molecule has 58 heavy (non-hydrogen) atoms. The highest BCUT2D eigenvalue weighted by molar-refractivity contribution is 5.95. The summed E-state index contributed by atoms with van der Waals surface area (Å²) in [6, 6.07) is 11.3. The summed E-state index contributed by atoms with van der Waals surface area (Å²) in [4.78, 5) is 53.7. The number of anilines is 1. The number of nitrogens with one attached hydrogen (secondary N) is 2. The second-order valence-corrected chi connectivity index (χ2v) is 17.5. The number of rotatable bonds is 8. The van der Waals surface area contributed by atoms with Crippen LogP contribution in [0.1, 0.15) is 75.8 Å². The zero-order valence-corrected chi connectivity index (χ0v) is 34.8. The van der Waals surface area contributed by atoms with Crippen molar-refractivity contribution in [3.05, 3.63) is 82.6 Å². The summed E-state index contributed by atoms with van der Waals surface area (Å²) in [6.07, 6.45) is 7.89. The van der Waals surface area contributed by atoms with Gasteiger partial charge in [-0.25, -0.2) is 0 Å². The minimum Gasteiger partial charge on any atom is -0.496 e. The first-order valence-electron chi connectivity index (χ1n) is 21.0. The summed E-state index contributed by atoms with van der Waals surface area (Å²) in [6.45, 7) is 11.4. The molecule has 1 saturated carbocycles. The Labute approximate surface area is 340 Å². The van der Waals surface area contributed by atoms with Crippen LogP contribution in [0.2, 0.25) is 0 Å². The quantitative estimate of drug-likeness (QED) is 0.217. The first-order chi connectivity index (χ1) is 27.9. The third-order valence-electron chi connectivity index (χ3n) is 14.9. The van der Waals surface area contributed by atoms with Crippen LogP contribution in [0, 0.1) is 11.3 Å². The van der Waals surface area contributed by atoms with Crippen LogP contribution < -0.4 is 15.0 Å². The van der Waals surface area contributed by atoms with Gasteiger partial charge < -0.3 is 34.5 Å². The third kappa shape index (κ3) is 4.94. The molecule has 9 rings (SSSR count). The van der Waals surface area contributed by atoms with Crippen molar-refractivity contribution in [1.82, 2.24) is 20.1 Å². The number of ether oxygens (including phenoxy) is 3. The van der Waals surface area contributed by atoms with Crippen LogP contribution in [0.15, 0.2) is 60.2 Å². The predicted octanol–water partition coefficient (Wildman–Crippen LogP) is 4.72. The van der Waals surface area contributed by atoms with Gasteiger partial charge in [0.1, 0.15) is 11.2 Å². The molecule has 2 unspecified atom stereocenters. The van der Waals surface area contributed by atoms with E-state index < -0.39 is 45.9 Å². The molecule has 1 spiro atoms. The van der Waals surface area contributed by atoms with E-state index >= 15 is 4.79 Å². The Morgan fingerprint density at radius 3 is 2.55 bits per heavy atom. The van der Waals surface area contributed by atoms with Crippen molar-refractivity contribution >= 4 is 34.4 Å². The van der Waals surface area contributed by atoms with E-state index in [9.17, 15) is 14.7 Å². The number of hydrogen-bond donors (Lipinski definition) is 3. The molecule has 308 valence electrons. The van der Waals surface area contributed by atoms with Crippen molar-refractivity contribution in [2.45, 2.75) is 94.5 Å². The maximum Gasteiger partial charge on any atom is 0.322 e. The molecule has 0 radical (unpaired) electrons. The molecule has 12 nitrogen and oxygen atoms in total. The monoisotopic (exact) mass is 791 g/mol. The second kappa shape index (κ2) is 13.7. The van der Waals surface area contributed by atoms with E-state index in [1.807, 2.05) is 37.1 Å². The molecule has 12 heteroatoms. The summed E-state index contributed by atoms with van der Waals surface area (Å²) in [5.74, 6) is -0.955. The number of nitrogens with zero attached hydrogens (tertiary/aromatic N) is 3. The number of hydrogen-bond acceptors (Lipinski definition) is 10. The fourth-order valence-corrected chi connectivity index (χ4v) is 13.0. The summed E-state index contributed by atoms with van der Waals surface area (Å²) in [7, 11) is 5.02. The number of carbonyl (C=O) groups excluding carboxylic acids is 3. The fourth-order valence-electron chi connectivity index (χ4n) is 13.0. The van der Waals surface area contributed by atoms with Gasteiger partial charge in [-0.3, -0.25) is 24.2 Å². The maximum atomic E-state index is 15.2. The Morgan fingerprint density at radius 2 is 1.84 bits per heavy atom. The van der Waals surface area contributed by atoms with Crippen molar-refractivity contribution in [3.8, 4) is 5.75 Å². The predicted molar refractivity (Wildman–Crippen MR) is 221 cm³/mol. The van der Waals surface area contributed by atoms with E-state index in [4.69, 9.17) is 14.2 Å². The summed E-state index contributed by atoms with van der Waals surface area (Å²) in [5, 5.41) is 17.5. The van der Waals surface area contributed by atoms with Gasteiger partial charge in [-0.15, -0.1) is 0 Å². The topological polar surface area (TPSA) is 137 Å². The smallest absolute Gasteiger partial charge is 0.322 e. The van der Waals surface area contributed by atoms with E-state index in [2.05, 4.69) is 70.4 Å². The molecule has 1 aromatic heterocycles. The van der Waals surface area contributed by atoms with Gasteiger partial charge in [-0.05, 0) is 68.3 Å². The second-order valence-electron chi connectivity index (χ2n) is 17.5. The molecular weight excluding hydrogens is 735 g/mol. The van der Waals surface area contributed by atoms with Crippen molar-refractivity contribution in [1.29, 1.82) is 0 Å². The van der Waals surface area contributed by atoms with Crippen molar-refractivity contribution in [2.24, 2.45) is 11.3 Å². The minimum absolute atomic E-state index is 0.0362. The molecular formula is C46H57N5O7. The third-order valence-corrected chi connectivity index (χ3v) is 14.9. The molecule has 6 heterocycles. The molecule has 5 aliphatic heterocycles. The Bertz CT molecular complexity index is 2270. The van der Waals surface area contributed by atoms with Gasteiger partial charge in [0, 0.05) is 97.5 Å². The summed E-state index contributed by atoms with van der Waals surface area (Å²) in [5.41, 5.74) is 1.37. The number of aromatic nitrogens is 1. The normalized spacial score (nSPS) is 34.5. The number of esters is 2. The average molecular weight is 792 g/mol. The fraction of sp³-hybridized carbons (Fsp3) is 0.543. The summed E-state index contributed by atoms with van der Waals surface area (Å²) >= 11 is 0. The largest absolute Gasteiger partial charge is 0.496 e. The summed E-state index contributed by atoms with van der Waals surface area (Å²) < 4.78 is 18.6. The lowest BCUT2D eigenvalue weighted by Crippen LogP contribution is -2.82. The van der Waals surface area contributed by atoms with Crippen molar-refractivity contribution < 1.29 is 33.7 Å². The van der Waals surface area contributed by atoms with Crippen LogP contribution >= 0.6 is 0 Å². The number of benzene rings is 2. The number of amides is 1. The lowest BCUT2D eigenvalue weighted by molar-refractivity contribution is -0.217. The van der Waals surface area contributed by atoms with Gasteiger partial charge in [-0.2, -0.15) is 0 Å². The highest BCUT2D eigenvalue weighted by Gasteiger charge is 2.80. The van der Waals surface area contributed by atoms with Crippen LogP contribution in [-0.4, -0.2) is 116 Å². The molecule has 9 atom stereocenters. The zero-order chi connectivity index (χ0) is 40.9. The number of para-hydroxylation sites is 1. The Morgan fingerprint density at radius 1 is 1.05 bits per heavy atom. The highest BCUT2D eigenvalue weighted by Crippen LogP contribution is 2.68. The number of carbonyl (C=O) groups is 3. The molecule has 3 N–H and O–H groups in total. The van der Waals surface area contributed by atoms with Crippen LogP contribution in [0.3, 0.4) is 0 Å². The number of methoxy groups -OCH3 is 2. The van der Waals surface area contributed by atoms with E-state index in [-0.39, 0.29) is 24.5 Å². The highest BCUT2D eigenvalue weighted by atomic mass is 16.6. The lowest BCUT2D eigenvalue weighted by Gasteiger charge is -2.63. The van der Waals surface area contributed by atoms with Crippen LogP contribution in [0.25, 0.3) is 10.9 Å². The first kappa shape index (κ1) is 38.8. The first-order valence-corrected chi connectivity index (χ1v) is 21.0. The van der Waals surface area contributed by atoms with E-state index in [0.717, 1.165) is 52.9 Å². The molecule has 1 aliphatic carbocycles. The lowest BCUT2D eigenvalue weighted by atomic mass is 9.47. The van der Waals surface area contributed by atoms with Gasteiger partial charge in [-0.1, -0.05) is 55.8 Å². The molecule has 1 amide bonds. The van der Waals surface area contributed by atoms with Crippen LogP contribution in [-0.2, 0) is 41.2 Å². The average Bonchev–Trinajstić information content (AvgIpc) is 3.87. The number of aliphatic hydroxyl groups is 1. The van der Waals surface area contributed by atoms with E-state index in [0.29, 0.717) is 50.2 Å². The van der Waals surface area contributed by atoms with Gasteiger partial charge in [0.05, 0.1) is 20.3 Å². The molecule has 1 saturated heterocycles. The standard InChI is InChI=1S/C46H57N5O7/c1-8-28-20-29-23-45(42(54)57-7,37-31(26-50(24-28)25-29)30-14-11-12-15-34(30)48-37)33-21-32-35(22-36(33)56-6)49(5)39-44(32)17-19-51-18-13-16-43(9-2,38(44)51)40(58-27(4)52)46(39,55)41(53)47-10-3/h11-16,20-22,29,38-40,48,55H,8-10,17-19,23-26H2,1-7H3,(H,47,53)/t29-,38-,39+,40+,43+,44?,45-,46-/m0/s1. The van der Waals surface area contributed by atoms with E-state index in [1.54, 1.807) is 7.11 Å². The number of H-pyrrole nitrogens is 1. The SMILES string of the molecule is CCNC(=O)[C@]1(O)[C@@H]2N(C)c3cc(OC)c([C@@]4(C(=O)OC)C[C@@H]5C=C(CC)CN(Cc6c4[nH]c4ccccc64)C5)cc3C23CCN2CC=C[C@](CC)([C@H]23)[C@H]1OC(C)=O. The van der Waals surface area contributed by atoms with Gasteiger partial charge in [0.25, 0.3) is 5.91 Å². The number of likely N-dealkylation sites (N-methyl/N-ethyl adjacent to an activating group) is 2. The van der Waals surface area contributed by atoms with Crippen molar-refractivity contribution in [3.63, 3.8) is 0 Å². The van der Waals surface area contributed by atoms with Gasteiger partial charge in [0.15, 0.2) is 6.10 Å². The molecule has 3 aromatic rings. The van der Waals surface area contributed by atoms with Crippen LogP contribution in [0.4, 0.5) is 5.69 Å². The van der Waals surface area contributed by atoms with E-state index in [1.165, 1.54) is 19.6 Å². The van der Waals surface area contributed by atoms with Gasteiger partial charge in [0.2, 0.25) is 5.60 Å². The maximum absolute atomic E-state index is 15.2. The molecule has 6 aliphatic rings. The molecule has 2 bridgehead atoms. The number of fused-ring (bicyclic) bond motifs is 6. The van der Waals surface area contributed by atoms with Gasteiger partial charge >= 0.3 is 11.9 Å². The Kier molecular flexibility index (Phi) is 9.18. The Balaban J connectivity index is 1.37. The molecule has 2 aromatic carbocycles. The van der Waals surface area contributed by atoms with Crippen molar-refractivity contribution in [2.75, 3.05) is 58.9 Å². The zero-order valence-electron chi connectivity index (χ0n) is 34.8. The molecule has 2 fully saturated rings. The minimum atomic E-state index is -2.16. The van der Waals surface area contributed by atoms with Crippen LogP contribution in [0.5, 0.6) is 5.75 Å².